The summed E-state index contributed by atoms with van der Waals surface area (Å²) in [6.07, 6.45) is 2.54. The number of ether oxygens (including phenoxy) is 2. The van der Waals surface area contributed by atoms with E-state index in [-0.39, 0.29) is 0 Å². The fourth-order valence-corrected chi connectivity index (χ4v) is 2.14. The molecule has 2 aromatic rings. The Morgan fingerprint density at radius 2 is 2.20 bits per heavy atom. The number of halogens is 1. The summed E-state index contributed by atoms with van der Waals surface area (Å²) in [5.41, 5.74) is 0.896. The van der Waals surface area contributed by atoms with Gasteiger partial charge in [0.2, 0.25) is 0 Å². The first-order valence-electron chi connectivity index (χ1n) is 6.51. The first-order chi connectivity index (χ1) is 9.80. The van der Waals surface area contributed by atoms with Gasteiger partial charge in [-0.3, -0.25) is 0 Å². The molecule has 1 aromatic heterocycles. The highest BCUT2D eigenvalue weighted by atomic mass is 35.5. The maximum Gasteiger partial charge on any atom is 0.166 e. The lowest BCUT2D eigenvalue weighted by molar-refractivity contribution is 0.267. The third-order valence-electron chi connectivity index (χ3n) is 2.90. The summed E-state index contributed by atoms with van der Waals surface area (Å²) in [7, 11) is 1.61. The van der Waals surface area contributed by atoms with E-state index in [9.17, 15) is 0 Å². The molecule has 108 valence electrons. The van der Waals surface area contributed by atoms with Crippen molar-refractivity contribution in [3.05, 3.63) is 35.9 Å². The number of hydrogen-bond donors (Lipinski definition) is 0. The van der Waals surface area contributed by atoms with Crippen LogP contribution in [-0.2, 0) is 19.0 Å². The lowest BCUT2D eigenvalue weighted by atomic mass is 10.2. The normalized spacial score (nSPS) is 10.6. The van der Waals surface area contributed by atoms with Crippen molar-refractivity contribution in [3.8, 4) is 11.5 Å². The number of hydrogen-bond acceptors (Lipinski definition) is 4. The first-order valence-corrected chi connectivity index (χ1v) is 7.05. The number of alkyl halides is 1. The van der Waals surface area contributed by atoms with Crippen LogP contribution < -0.4 is 9.47 Å². The molecule has 0 saturated heterocycles. The van der Waals surface area contributed by atoms with Crippen molar-refractivity contribution in [3.63, 3.8) is 0 Å². The van der Waals surface area contributed by atoms with Crippen molar-refractivity contribution in [2.75, 3.05) is 7.11 Å². The van der Waals surface area contributed by atoms with Crippen LogP contribution in [0.4, 0.5) is 0 Å². The van der Waals surface area contributed by atoms with E-state index in [0.29, 0.717) is 24.0 Å². The third kappa shape index (κ3) is 3.22. The van der Waals surface area contributed by atoms with Gasteiger partial charge in [0.05, 0.1) is 13.0 Å². The van der Waals surface area contributed by atoms with Crippen molar-refractivity contribution < 1.29 is 9.47 Å². The van der Waals surface area contributed by atoms with Gasteiger partial charge in [-0.25, -0.2) is 9.67 Å². The lowest BCUT2D eigenvalue weighted by Gasteiger charge is -2.13. The van der Waals surface area contributed by atoms with Crippen LogP contribution in [0, 0.1) is 0 Å². The van der Waals surface area contributed by atoms with E-state index in [1.54, 1.807) is 13.4 Å². The van der Waals surface area contributed by atoms with Gasteiger partial charge in [0.1, 0.15) is 12.9 Å². The molecule has 0 fully saturated rings. The van der Waals surface area contributed by atoms with Gasteiger partial charge in [0.25, 0.3) is 0 Å². The number of aromatic nitrogens is 3. The average molecular weight is 296 g/mol. The minimum atomic E-state index is 0.338. The van der Waals surface area contributed by atoms with Gasteiger partial charge >= 0.3 is 0 Å². The maximum atomic E-state index is 5.93. The van der Waals surface area contributed by atoms with E-state index < -0.39 is 0 Å². The molecular weight excluding hydrogens is 278 g/mol. The van der Waals surface area contributed by atoms with Crippen LogP contribution in [0.5, 0.6) is 11.5 Å². The third-order valence-corrected chi connectivity index (χ3v) is 3.19. The second-order valence-electron chi connectivity index (χ2n) is 4.27. The van der Waals surface area contributed by atoms with Crippen LogP contribution in [0.3, 0.4) is 0 Å². The number of rotatable bonds is 7. The van der Waals surface area contributed by atoms with Crippen molar-refractivity contribution in [2.45, 2.75) is 32.4 Å². The topological polar surface area (TPSA) is 49.2 Å². The molecule has 0 atom stereocenters. The fraction of sp³-hybridized carbons (Fsp3) is 0.429. The summed E-state index contributed by atoms with van der Waals surface area (Å²) in [4.78, 5) is 4.21. The molecule has 5 nitrogen and oxygen atoms in total. The van der Waals surface area contributed by atoms with Gasteiger partial charge in [-0.1, -0.05) is 19.1 Å². The minimum Gasteiger partial charge on any atom is -0.493 e. The highest BCUT2D eigenvalue weighted by molar-refractivity contribution is 6.17. The van der Waals surface area contributed by atoms with Gasteiger partial charge < -0.3 is 9.47 Å². The standard InChI is InChI=1S/C14H18ClN3O2/c1-3-7-18-13(16-10-17-18)9-20-14-11(8-15)5-4-6-12(14)19-2/h4-6,10H,3,7-9H2,1-2H3. The van der Waals surface area contributed by atoms with Crippen LogP contribution in [0.2, 0.25) is 0 Å². The molecule has 0 aliphatic heterocycles. The summed E-state index contributed by atoms with van der Waals surface area (Å²) in [6.45, 7) is 3.26. The SMILES string of the molecule is CCCn1ncnc1COc1c(CCl)cccc1OC. The predicted octanol–water partition coefficient (Wildman–Crippen LogP) is 3.01. The Bertz CT molecular complexity index is 535. The quantitative estimate of drug-likeness (QED) is 0.737. The molecule has 20 heavy (non-hydrogen) atoms. The number of para-hydroxylation sites is 1. The molecular formula is C14H18ClN3O2. The Morgan fingerprint density at radius 3 is 2.90 bits per heavy atom. The van der Waals surface area contributed by atoms with Crippen LogP contribution >= 0.6 is 11.6 Å². The second kappa shape index (κ2) is 7.14. The van der Waals surface area contributed by atoms with Crippen molar-refractivity contribution >= 4 is 11.6 Å². The molecule has 6 heteroatoms. The molecule has 1 aromatic carbocycles. The Kier molecular flexibility index (Phi) is 5.24. The molecule has 1 heterocycles. The molecule has 0 aliphatic rings. The fourth-order valence-electron chi connectivity index (χ4n) is 1.93. The zero-order valence-electron chi connectivity index (χ0n) is 11.7. The Morgan fingerprint density at radius 1 is 1.35 bits per heavy atom. The van der Waals surface area contributed by atoms with Gasteiger partial charge in [-0.15, -0.1) is 11.6 Å². The van der Waals surface area contributed by atoms with Gasteiger partial charge in [-0.2, -0.15) is 5.10 Å². The van der Waals surface area contributed by atoms with E-state index >= 15 is 0 Å². The molecule has 2 rings (SSSR count). The second-order valence-corrected chi connectivity index (χ2v) is 4.54. The van der Waals surface area contributed by atoms with E-state index in [1.165, 1.54) is 0 Å². The highest BCUT2D eigenvalue weighted by Gasteiger charge is 2.12. The van der Waals surface area contributed by atoms with Crippen molar-refractivity contribution in [1.82, 2.24) is 14.8 Å². The Labute approximate surface area is 123 Å². The van der Waals surface area contributed by atoms with Crippen LogP contribution in [0.15, 0.2) is 24.5 Å². The zero-order valence-corrected chi connectivity index (χ0v) is 12.4. The molecule has 0 spiro atoms. The molecule has 0 amide bonds. The monoisotopic (exact) mass is 295 g/mol. The Balaban J connectivity index is 2.16. The van der Waals surface area contributed by atoms with Crippen LogP contribution in [0.25, 0.3) is 0 Å². The predicted molar refractivity (Wildman–Crippen MR) is 77.2 cm³/mol. The lowest BCUT2D eigenvalue weighted by Crippen LogP contribution is -2.09. The van der Waals surface area contributed by atoms with Crippen LogP contribution in [0.1, 0.15) is 24.7 Å². The number of nitrogens with zero attached hydrogens (tertiary/aromatic N) is 3. The summed E-state index contributed by atoms with van der Waals surface area (Å²) < 4.78 is 13.0. The van der Waals surface area contributed by atoms with Gasteiger partial charge in [0.15, 0.2) is 17.3 Å². The molecule has 0 N–H and O–H groups in total. The maximum absolute atomic E-state index is 5.93. The van der Waals surface area contributed by atoms with E-state index in [1.807, 2.05) is 22.9 Å². The highest BCUT2D eigenvalue weighted by Crippen LogP contribution is 2.32. The molecule has 0 bridgehead atoms. The number of methoxy groups -OCH3 is 1. The summed E-state index contributed by atoms with van der Waals surface area (Å²) in [5, 5.41) is 4.17. The molecule has 0 unspecified atom stereocenters. The Hall–Kier alpha value is -1.75. The summed E-state index contributed by atoms with van der Waals surface area (Å²) in [5.74, 6) is 2.49. The summed E-state index contributed by atoms with van der Waals surface area (Å²) in [6, 6.07) is 5.66. The smallest absolute Gasteiger partial charge is 0.166 e. The van der Waals surface area contributed by atoms with E-state index in [2.05, 4.69) is 17.0 Å². The molecule has 0 saturated carbocycles. The minimum absolute atomic E-state index is 0.338. The molecule has 0 radical (unpaired) electrons. The van der Waals surface area contributed by atoms with Crippen LogP contribution in [-0.4, -0.2) is 21.9 Å². The number of benzene rings is 1. The van der Waals surface area contributed by atoms with E-state index in [0.717, 1.165) is 24.4 Å². The average Bonchev–Trinajstić information content (AvgIpc) is 2.92. The van der Waals surface area contributed by atoms with Crippen molar-refractivity contribution in [2.24, 2.45) is 0 Å². The van der Waals surface area contributed by atoms with Gasteiger partial charge in [0, 0.05) is 12.1 Å². The zero-order chi connectivity index (χ0) is 14.4. The largest absolute Gasteiger partial charge is 0.493 e. The van der Waals surface area contributed by atoms with E-state index in [4.69, 9.17) is 21.1 Å². The van der Waals surface area contributed by atoms with Gasteiger partial charge in [-0.05, 0) is 12.5 Å². The summed E-state index contributed by atoms with van der Waals surface area (Å²) >= 11 is 5.93. The van der Waals surface area contributed by atoms with Crippen molar-refractivity contribution in [1.29, 1.82) is 0 Å². The first kappa shape index (κ1) is 14.7. The number of aryl methyl sites for hydroxylation is 1. The molecule has 0 aliphatic carbocycles.